The van der Waals surface area contributed by atoms with Gasteiger partial charge in [0.2, 0.25) is 5.91 Å². The highest BCUT2D eigenvalue weighted by molar-refractivity contribution is 7.19. The van der Waals surface area contributed by atoms with Crippen molar-refractivity contribution in [3.8, 4) is 0 Å². The Hall–Kier alpha value is -1.39. The van der Waals surface area contributed by atoms with E-state index in [0.717, 1.165) is 0 Å². The number of benzene rings is 1. The van der Waals surface area contributed by atoms with Gasteiger partial charge in [0.25, 0.3) is 0 Å². The first kappa shape index (κ1) is 14.0. The van der Waals surface area contributed by atoms with Crippen LogP contribution < -0.4 is 11.1 Å². The molecule has 2 aromatic rings. The fourth-order valence-electron chi connectivity index (χ4n) is 2.28. The summed E-state index contributed by atoms with van der Waals surface area (Å²) in [6, 6.07) is 8.46. The molecule has 1 aromatic carbocycles. The molecule has 1 aromatic heterocycles. The second kappa shape index (κ2) is 4.94. The molecule has 1 heterocycles. The minimum atomic E-state index is -0.706. The number of aryl methyl sites for hydroxylation is 1. The molecule has 0 spiro atoms. The summed E-state index contributed by atoms with van der Waals surface area (Å²) in [4.78, 5) is 12.7. The lowest BCUT2D eigenvalue weighted by atomic mass is 10.0. The average Bonchev–Trinajstić information content (AvgIpc) is 2.67. The third-order valence-corrected chi connectivity index (χ3v) is 4.92. The summed E-state index contributed by atoms with van der Waals surface area (Å²) < 4.78 is 1.28. The number of carbonyl (C=O) groups is 1. The van der Waals surface area contributed by atoms with Gasteiger partial charge in [0.15, 0.2) is 0 Å². The highest BCUT2D eigenvalue weighted by Crippen LogP contribution is 2.35. The first-order chi connectivity index (χ1) is 8.83. The van der Waals surface area contributed by atoms with Gasteiger partial charge >= 0.3 is 0 Å². The fourth-order valence-corrected chi connectivity index (χ4v) is 3.50. The van der Waals surface area contributed by atoms with E-state index in [2.05, 4.69) is 37.4 Å². The molecule has 1 unspecified atom stereocenters. The average molecular weight is 276 g/mol. The number of hydrogen-bond donors (Lipinski definition) is 2. The molecule has 19 heavy (non-hydrogen) atoms. The predicted molar refractivity (Wildman–Crippen MR) is 81.4 cm³/mol. The predicted octanol–water partition coefficient (Wildman–Crippen LogP) is 3.12. The normalized spacial score (nSPS) is 13.7. The van der Waals surface area contributed by atoms with E-state index >= 15 is 0 Å². The number of primary amides is 1. The Bertz CT molecular complexity index is 616. The molecule has 0 aliphatic rings. The Labute approximate surface area is 117 Å². The van der Waals surface area contributed by atoms with Crippen molar-refractivity contribution >= 4 is 27.3 Å². The van der Waals surface area contributed by atoms with Crippen LogP contribution in [0.2, 0.25) is 0 Å². The zero-order chi connectivity index (χ0) is 14.2. The highest BCUT2D eigenvalue weighted by Gasteiger charge is 2.28. The molecule has 0 bridgehead atoms. The van der Waals surface area contributed by atoms with E-state index < -0.39 is 5.54 Å². The third kappa shape index (κ3) is 2.65. The van der Waals surface area contributed by atoms with Crippen molar-refractivity contribution in [1.82, 2.24) is 5.32 Å². The Morgan fingerprint density at radius 2 is 2.00 bits per heavy atom. The van der Waals surface area contributed by atoms with Gasteiger partial charge in [0, 0.05) is 15.6 Å². The van der Waals surface area contributed by atoms with Crippen LogP contribution in [-0.2, 0) is 4.79 Å². The molecular formula is C15H20N2OS. The molecule has 0 saturated heterocycles. The molecule has 3 N–H and O–H groups in total. The molecule has 0 radical (unpaired) electrons. The minimum Gasteiger partial charge on any atom is -0.368 e. The summed E-state index contributed by atoms with van der Waals surface area (Å²) in [6.07, 6.45) is 0. The standard InChI is InChI=1S/C15H20N2OS/c1-9-11-7-5-6-8-12(11)19-13(9)10(2)17-15(3,4)14(16)18/h5-8,10,17H,1-4H3,(H2,16,18). The van der Waals surface area contributed by atoms with Crippen molar-refractivity contribution in [3.63, 3.8) is 0 Å². The maximum absolute atomic E-state index is 11.4. The quantitative estimate of drug-likeness (QED) is 0.901. The minimum absolute atomic E-state index is 0.0971. The van der Waals surface area contributed by atoms with Crippen molar-refractivity contribution in [2.45, 2.75) is 39.3 Å². The van der Waals surface area contributed by atoms with Crippen molar-refractivity contribution < 1.29 is 4.79 Å². The number of nitrogens with two attached hydrogens (primary N) is 1. The van der Waals surface area contributed by atoms with Crippen LogP contribution in [0.25, 0.3) is 10.1 Å². The lowest BCUT2D eigenvalue weighted by molar-refractivity contribution is -0.123. The number of nitrogens with one attached hydrogen (secondary N) is 1. The number of fused-ring (bicyclic) bond motifs is 1. The SMILES string of the molecule is Cc1c(C(C)NC(C)(C)C(N)=O)sc2ccccc12. The Balaban J connectivity index is 2.34. The van der Waals surface area contributed by atoms with Crippen LogP contribution in [-0.4, -0.2) is 11.4 Å². The Kier molecular flexibility index (Phi) is 3.65. The van der Waals surface area contributed by atoms with E-state index in [-0.39, 0.29) is 11.9 Å². The van der Waals surface area contributed by atoms with Crippen LogP contribution in [0.3, 0.4) is 0 Å². The third-order valence-electron chi connectivity index (χ3n) is 3.47. The van der Waals surface area contributed by atoms with Gasteiger partial charge in [-0.2, -0.15) is 0 Å². The summed E-state index contributed by atoms with van der Waals surface area (Å²) >= 11 is 1.77. The molecule has 4 heteroatoms. The summed E-state index contributed by atoms with van der Waals surface area (Å²) in [5.41, 5.74) is 5.98. The fraction of sp³-hybridized carbons (Fsp3) is 0.400. The second-order valence-corrected chi connectivity index (χ2v) is 6.53. The van der Waals surface area contributed by atoms with Gasteiger partial charge in [-0.1, -0.05) is 18.2 Å². The summed E-state index contributed by atoms with van der Waals surface area (Å²) in [5.74, 6) is -0.335. The van der Waals surface area contributed by atoms with Gasteiger partial charge in [-0.25, -0.2) is 0 Å². The largest absolute Gasteiger partial charge is 0.368 e. The van der Waals surface area contributed by atoms with Gasteiger partial charge in [-0.15, -0.1) is 11.3 Å². The molecule has 0 fully saturated rings. The molecule has 3 nitrogen and oxygen atoms in total. The molecule has 102 valence electrons. The Morgan fingerprint density at radius 1 is 1.37 bits per heavy atom. The number of amides is 1. The summed E-state index contributed by atoms with van der Waals surface area (Å²) in [6.45, 7) is 7.83. The van der Waals surface area contributed by atoms with Crippen molar-refractivity contribution in [1.29, 1.82) is 0 Å². The van der Waals surface area contributed by atoms with E-state index in [1.165, 1.54) is 20.5 Å². The smallest absolute Gasteiger partial charge is 0.237 e. The van der Waals surface area contributed by atoms with Gasteiger partial charge in [0.1, 0.15) is 0 Å². The first-order valence-corrected chi connectivity index (χ1v) is 7.20. The highest BCUT2D eigenvalue weighted by atomic mass is 32.1. The maximum Gasteiger partial charge on any atom is 0.237 e. The molecule has 1 amide bonds. The number of hydrogen-bond acceptors (Lipinski definition) is 3. The van der Waals surface area contributed by atoms with Crippen LogP contribution in [0.15, 0.2) is 24.3 Å². The molecule has 1 atom stereocenters. The lowest BCUT2D eigenvalue weighted by Gasteiger charge is -2.27. The van der Waals surface area contributed by atoms with E-state index in [4.69, 9.17) is 5.73 Å². The monoisotopic (exact) mass is 276 g/mol. The molecule has 2 rings (SSSR count). The molecular weight excluding hydrogens is 256 g/mol. The molecule has 0 aliphatic carbocycles. The van der Waals surface area contributed by atoms with E-state index in [1.807, 2.05) is 19.9 Å². The van der Waals surface area contributed by atoms with Crippen LogP contribution >= 0.6 is 11.3 Å². The zero-order valence-electron chi connectivity index (χ0n) is 11.8. The molecule has 0 saturated carbocycles. The molecule has 0 aliphatic heterocycles. The second-order valence-electron chi connectivity index (χ2n) is 5.44. The lowest BCUT2D eigenvalue weighted by Crippen LogP contribution is -2.51. The summed E-state index contributed by atoms with van der Waals surface area (Å²) in [7, 11) is 0. The van der Waals surface area contributed by atoms with Crippen LogP contribution in [0.1, 0.15) is 37.3 Å². The zero-order valence-corrected chi connectivity index (χ0v) is 12.6. The van der Waals surface area contributed by atoms with E-state index in [1.54, 1.807) is 11.3 Å². The summed E-state index contributed by atoms with van der Waals surface area (Å²) in [5, 5.41) is 4.59. The first-order valence-electron chi connectivity index (χ1n) is 6.38. The topological polar surface area (TPSA) is 55.1 Å². The van der Waals surface area contributed by atoms with Gasteiger partial charge in [-0.3, -0.25) is 10.1 Å². The Morgan fingerprint density at radius 3 is 2.58 bits per heavy atom. The van der Waals surface area contributed by atoms with Crippen LogP contribution in [0, 0.1) is 6.92 Å². The van der Waals surface area contributed by atoms with Gasteiger partial charge < -0.3 is 5.73 Å². The number of rotatable bonds is 4. The van der Waals surface area contributed by atoms with Crippen molar-refractivity contribution in [2.24, 2.45) is 5.73 Å². The van der Waals surface area contributed by atoms with Crippen LogP contribution in [0.4, 0.5) is 0 Å². The van der Waals surface area contributed by atoms with Gasteiger partial charge in [-0.05, 0) is 44.7 Å². The number of carbonyl (C=O) groups excluding carboxylic acids is 1. The van der Waals surface area contributed by atoms with E-state index in [0.29, 0.717) is 0 Å². The van der Waals surface area contributed by atoms with E-state index in [9.17, 15) is 4.79 Å². The van der Waals surface area contributed by atoms with Crippen LogP contribution in [0.5, 0.6) is 0 Å². The number of thiophene rings is 1. The van der Waals surface area contributed by atoms with Crippen molar-refractivity contribution in [3.05, 3.63) is 34.7 Å². The van der Waals surface area contributed by atoms with Crippen molar-refractivity contribution in [2.75, 3.05) is 0 Å². The van der Waals surface area contributed by atoms with Gasteiger partial charge in [0.05, 0.1) is 5.54 Å². The maximum atomic E-state index is 11.4.